The Morgan fingerprint density at radius 1 is 1.26 bits per heavy atom. The fourth-order valence-corrected chi connectivity index (χ4v) is 5.40. The summed E-state index contributed by atoms with van der Waals surface area (Å²) in [5, 5.41) is 15.2. The van der Waals surface area contributed by atoms with Crippen molar-refractivity contribution in [3.8, 4) is 16.9 Å². The molecule has 1 saturated heterocycles. The molecule has 0 aliphatic carbocycles. The molecule has 5 N–H and O–H groups in total. The van der Waals surface area contributed by atoms with Gasteiger partial charge < -0.3 is 26.5 Å². The number of benzene rings is 1. The maximum atomic E-state index is 14.4. The number of anilines is 2. The van der Waals surface area contributed by atoms with Crippen LogP contribution in [0.4, 0.5) is 20.3 Å². The van der Waals surface area contributed by atoms with E-state index in [2.05, 4.69) is 15.6 Å². The number of hydrogen-bond donors (Lipinski definition) is 4. The third kappa shape index (κ3) is 5.94. The Morgan fingerprint density at radius 3 is 2.69 bits per heavy atom. The van der Waals surface area contributed by atoms with E-state index in [1.807, 2.05) is 13.8 Å². The average molecular weight is 578 g/mol. The monoisotopic (exact) mass is 577 g/mol. The highest BCUT2D eigenvalue weighted by Crippen LogP contribution is 2.40. The molecule has 220 valence electrons. The SMILES string of the molecule is CC(C)Cc1nc(NC2CCNCC2)c(C=N)c(-c2ccc3c(c2)OCC(=O)N3Cc2ncc(F)cc2F)c1C(N)=O. The molecular weight excluding hydrogens is 544 g/mol. The number of carbonyl (C=O) groups is 2. The largest absolute Gasteiger partial charge is 0.482 e. The summed E-state index contributed by atoms with van der Waals surface area (Å²) >= 11 is 0. The minimum atomic E-state index is -0.863. The van der Waals surface area contributed by atoms with Gasteiger partial charge in [0.25, 0.3) is 11.8 Å². The lowest BCUT2D eigenvalue weighted by molar-refractivity contribution is -0.121. The number of primary amides is 1. The van der Waals surface area contributed by atoms with Gasteiger partial charge in [-0.2, -0.15) is 0 Å². The minimum absolute atomic E-state index is 0.0927. The number of nitrogens with one attached hydrogen (secondary N) is 3. The summed E-state index contributed by atoms with van der Waals surface area (Å²) < 4.78 is 33.5. The zero-order valence-electron chi connectivity index (χ0n) is 23.5. The van der Waals surface area contributed by atoms with Crippen LogP contribution in [-0.2, 0) is 17.8 Å². The van der Waals surface area contributed by atoms with E-state index in [0.717, 1.165) is 44.4 Å². The fourth-order valence-electron chi connectivity index (χ4n) is 5.40. The van der Waals surface area contributed by atoms with Crippen molar-refractivity contribution in [2.24, 2.45) is 11.7 Å². The number of nitrogens with two attached hydrogens (primary N) is 1. The van der Waals surface area contributed by atoms with Crippen LogP contribution in [0.3, 0.4) is 0 Å². The summed E-state index contributed by atoms with van der Waals surface area (Å²) in [6, 6.07) is 5.86. The van der Waals surface area contributed by atoms with Crippen LogP contribution in [0, 0.1) is 23.0 Å². The highest BCUT2D eigenvalue weighted by atomic mass is 19.1. The second-order valence-electron chi connectivity index (χ2n) is 10.9. The van der Waals surface area contributed by atoms with Gasteiger partial charge in [0, 0.05) is 29.4 Å². The molecule has 3 aromatic rings. The molecule has 4 heterocycles. The number of fused-ring (bicyclic) bond motifs is 1. The molecule has 1 fully saturated rings. The number of amides is 2. The first-order valence-electron chi connectivity index (χ1n) is 13.9. The molecule has 0 unspecified atom stereocenters. The third-order valence-electron chi connectivity index (χ3n) is 7.37. The quantitative estimate of drug-likeness (QED) is 0.283. The summed E-state index contributed by atoms with van der Waals surface area (Å²) in [7, 11) is 0. The van der Waals surface area contributed by atoms with Crippen molar-refractivity contribution in [1.29, 1.82) is 5.41 Å². The first-order chi connectivity index (χ1) is 20.2. The van der Waals surface area contributed by atoms with Crippen molar-refractivity contribution in [1.82, 2.24) is 15.3 Å². The summed E-state index contributed by atoms with van der Waals surface area (Å²) in [5.41, 5.74) is 8.36. The first-order valence-corrected chi connectivity index (χ1v) is 13.9. The van der Waals surface area contributed by atoms with E-state index < -0.39 is 23.4 Å². The van der Waals surface area contributed by atoms with E-state index in [0.29, 0.717) is 46.1 Å². The molecule has 10 nitrogen and oxygen atoms in total. The molecule has 0 spiro atoms. The molecule has 2 aliphatic heterocycles. The number of halogens is 2. The Labute approximate surface area is 242 Å². The number of hydrogen-bond acceptors (Lipinski definition) is 8. The van der Waals surface area contributed by atoms with Gasteiger partial charge in [0.1, 0.15) is 23.2 Å². The van der Waals surface area contributed by atoms with Crippen LogP contribution >= 0.6 is 0 Å². The topological polar surface area (TPSA) is 146 Å². The van der Waals surface area contributed by atoms with Gasteiger partial charge in [0.15, 0.2) is 6.61 Å². The second-order valence-corrected chi connectivity index (χ2v) is 10.9. The molecule has 5 rings (SSSR count). The lowest BCUT2D eigenvalue weighted by Crippen LogP contribution is -2.38. The summed E-state index contributed by atoms with van der Waals surface area (Å²) in [5.74, 6) is -1.78. The van der Waals surface area contributed by atoms with E-state index >= 15 is 0 Å². The number of piperidine rings is 1. The summed E-state index contributed by atoms with van der Waals surface area (Å²) in [4.78, 5) is 35.7. The van der Waals surface area contributed by atoms with Crippen molar-refractivity contribution >= 4 is 29.5 Å². The molecular formula is C30H33F2N7O3. The zero-order chi connectivity index (χ0) is 30.0. The molecule has 42 heavy (non-hydrogen) atoms. The number of ether oxygens (including phenoxy) is 1. The van der Waals surface area contributed by atoms with Gasteiger partial charge in [0.2, 0.25) is 0 Å². The van der Waals surface area contributed by atoms with Crippen molar-refractivity contribution in [3.05, 3.63) is 64.6 Å². The van der Waals surface area contributed by atoms with E-state index in [9.17, 15) is 18.4 Å². The molecule has 2 aromatic heterocycles. The Hall–Kier alpha value is -4.45. The van der Waals surface area contributed by atoms with Crippen molar-refractivity contribution in [2.75, 3.05) is 29.9 Å². The second kappa shape index (κ2) is 12.2. The van der Waals surface area contributed by atoms with Crippen LogP contribution in [0.2, 0.25) is 0 Å². The zero-order valence-corrected chi connectivity index (χ0v) is 23.5. The number of carbonyl (C=O) groups excluding carboxylic acids is 2. The van der Waals surface area contributed by atoms with E-state index in [-0.39, 0.29) is 36.4 Å². The van der Waals surface area contributed by atoms with Crippen LogP contribution in [-0.4, -0.2) is 53.7 Å². The average Bonchev–Trinajstić information content (AvgIpc) is 2.95. The van der Waals surface area contributed by atoms with E-state index in [1.165, 1.54) is 4.90 Å². The molecule has 2 amide bonds. The highest BCUT2D eigenvalue weighted by molar-refractivity contribution is 6.08. The molecule has 12 heteroatoms. The van der Waals surface area contributed by atoms with Gasteiger partial charge in [-0.15, -0.1) is 0 Å². The molecule has 0 bridgehead atoms. The lowest BCUT2D eigenvalue weighted by atomic mass is 9.90. The van der Waals surface area contributed by atoms with Crippen LogP contribution in [0.5, 0.6) is 5.75 Å². The summed E-state index contributed by atoms with van der Waals surface area (Å²) in [6.45, 7) is 5.23. The van der Waals surface area contributed by atoms with Gasteiger partial charge in [-0.1, -0.05) is 19.9 Å². The van der Waals surface area contributed by atoms with Crippen LogP contribution in [0.15, 0.2) is 30.5 Å². The molecule has 0 atom stereocenters. The van der Waals surface area contributed by atoms with Gasteiger partial charge in [-0.3, -0.25) is 19.5 Å². The maximum absolute atomic E-state index is 14.4. The Kier molecular flexibility index (Phi) is 8.44. The Balaban J connectivity index is 1.62. The standard InChI is InChI=1S/C30H33F2N7O3/c1-16(2)9-22-28(29(34)41)27(20(12-33)30(38-22)37-19-5-7-35-8-6-19)17-3-4-24-25(10-17)42-15-26(40)39(24)14-23-21(32)11-18(31)13-36-23/h3-4,10-13,16,19,33,35H,5-9,14-15H2,1-2H3,(H2,34,41)(H,37,38). The predicted octanol–water partition coefficient (Wildman–Crippen LogP) is 3.81. The molecule has 0 saturated carbocycles. The van der Waals surface area contributed by atoms with Crippen LogP contribution in [0.1, 0.15) is 54.0 Å². The minimum Gasteiger partial charge on any atom is -0.482 e. The van der Waals surface area contributed by atoms with Gasteiger partial charge in [0.05, 0.1) is 35.4 Å². The Bertz CT molecular complexity index is 1540. The third-order valence-corrected chi connectivity index (χ3v) is 7.37. The normalized spacial score (nSPS) is 15.4. The molecule has 0 radical (unpaired) electrons. The van der Waals surface area contributed by atoms with Crippen molar-refractivity contribution in [2.45, 2.75) is 45.7 Å². The molecule has 1 aromatic carbocycles. The smallest absolute Gasteiger partial charge is 0.265 e. The van der Waals surface area contributed by atoms with E-state index in [1.54, 1.807) is 18.2 Å². The van der Waals surface area contributed by atoms with Crippen LogP contribution in [0.25, 0.3) is 11.1 Å². The number of aromatic nitrogens is 2. The van der Waals surface area contributed by atoms with Crippen molar-refractivity contribution in [3.63, 3.8) is 0 Å². The van der Waals surface area contributed by atoms with Crippen LogP contribution < -0.4 is 26.0 Å². The van der Waals surface area contributed by atoms with E-state index in [4.69, 9.17) is 20.9 Å². The van der Waals surface area contributed by atoms with Gasteiger partial charge in [-0.05, 0) is 56.0 Å². The fraction of sp³-hybridized carbons (Fsp3) is 0.367. The van der Waals surface area contributed by atoms with Gasteiger partial charge >= 0.3 is 0 Å². The highest BCUT2D eigenvalue weighted by Gasteiger charge is 2.30. The lowest BCUT2D eigenvalue weighted by Gasteiger charge is -2.30. The predicted molar refractivity (Wildman–Crippen MR) is 155 cm³/mol. The van der Waals surface area contributed by atoms with Gasteiger partial charge in [-0.25, -0.2) is 13.8 Å². The maximum Gasteiger partial charge on any atom is 0.265 e. The van der Waals surface area contributed by atoms with Crippen molar-refractivity contribution < 1.29 is 23.1 Å². The Morgan fingerprint density at radius 2 is 2.02 bits per heavy atom. The summed E-state index contributed by atoms with van der Waals surface area (Å²) in [6.07, 6.45) is 4.31. The number of pyridine rings is 2. The number of rotatable bonds is 9. The number of nitrogens with zero attached hydrogens (tertiary/aromatic N) is 3. The molecule has 2 aliphatic rings. The first kappa shape index (κ1) is 29.1.